The van der Waals surface area contributed by atoms with Gasteiger partial charge in [-0.2, -0.15) is 0 Å². The third-order valence-electron chi connectivity index (χ3n) is 10.7. The van der Waals surface area contributed by atoms with Gasteiger partial charge in [0.05, 0.1) is 6.20 Å². The van der Waals surface area contributed by atoms with Gasteiger partial charge in [0.2, 0.25) is 0 Å². The van der Waals surface area contributed by atoms with Crippen LogP contribution in [0.4, 0.5) is 4.79 Å². The molecule has 2 aliphatic rings. The number of nitrogens with zero attached hydrogens (tertiary/aromatic N) is 1. The van der Waals surface area contributed by atoms with E-state index in [9.17, 15) is 9.59 Å². The van der Waals surface area contributed by atoms with Gasteiger partial charge in [0.15, 0.2) is 11.5 Å². The first-order valence-electron chi connectivity index (χ1n) is 17.3. The molecule has 1 amide bonds. The molecule has 5 nitrogen and oxygen atoms in total. The molecule has 44 heavy (non-hydrogen) atoms. The second-order valence-electron chi connectivity index (χ2n) is 15.1. The number of hydrogen-bond donors (Lipinski definition) is 0. The number of carbonyl (C=O) groups is 2. The van der Waals surface area contributed by atoms with Crippen molar-refractivity contribution >= 4 is 20.2 Å². The normalized spacial score (nSPS) is 23.2. The molecular formula is C38H61NO4Si. The van der Waals surface area contributed by atoms with Crippen molar-refractivity contribution < 1.29 is 18.8 Å². The van der Waals surface area contributed by atoms with Crippen LogP contribution in [0.2, 0.25) is 16.6 Å². The summed E-state index contributed by atoms with van der Waals surface area (Å²) in [6.07, 6.45) is 11.2. The minimum atomic E-state index is -2.39. The van der Waals surface area contributed by atoms with Gasteiger partial charge >= 0.3 is 6.09 Å². The summed E-state index contributed by atoms with van der Waals surface area (Å²) >= 11 is 0. The van der Waals surface area contributed by atoms with Crippen molar-refractivity contribution in [2.45, 2.75) is 154 Å². The van der Waals surface area contributed by atoms with Crippen LogP contribution in [0.1, 0.15) is 126 Å². The summed E-state index contributed by atoms with van der Waals surface area (Å²) in [5.74, 6) is 1.06. The first-order chi connectivity index (χ1) is 20.7. The largest absolute Gasteiger partial charge is 0.539 e. The summed E-state index contributed by atoms with van der Waals surface area (Å²) in [7, 11) is -2.39. The molecule has 0 N–H and O–H groups in total. The number of unbranched alkanes of at least 4 members (excludes halogenated alkanes) is 3. The Balaban J connectivity index is 1.94. The van der Waals surface area contributed by atoms with Crippen LogP contribution in [0.3, 0.4) is 0 Å². The number of benzene rings is 1. The molecule has 1 aliphatic carbocycles. The van der Waals surface area contributed by atoms with Crippen LogP contribution in [0, 0.1) is 11.8 Å². The second kappa shape index (κ2) is 15.8. The number of hydrogen-bond acceptors (Lipinski definition) is 4. The van der Waals surface area contributed by atoms with E-state index >= 15 is 0 Å². The van der Waals surface area contributed by atoms with E-state index in [1.54, 1.807) is 11.1 Å². The second-order valence-corrected chi connectivity index (χ2v) is 20.4. The molecule has 0 unspecified atom stereocenters. The molecule has 0 saturated heterocycles. The molecule has 3 rings (SSSR count). The smallest absolute Gasteiger partial charge is 0.414 e. The zero-order valence-corrected chi connectivity index (χ0v) is 30.2. The Hall–Kier alpha value is -2.34. The highest BCUT2D eigenvalue weighted by molar-refractivity contribution is 6.78. The molecule has 1 aromatic carbocycles. The Labute approximate surface area is 270 Å². The van der Waals surface area contributed by atoms with Gasteiger partial charge in [0, 0.05) is 18.4 Å². The Morgan fingerprint density at radius 1 is 1.02 bits per heavy atom. The van der Waals surface area contributed by atoms with Crippen LogP contribution in [0.5, 0.6) is 0 Å². The zero-order chi connectivity index (χ0) is 32.7. The number of ketones is 1. The summed E-state index contributed by atoms with van der Waals surface area (Å²) in [6.45, 7) is 24.0. The predicted molar refractivity (Wildman–Crippen MR) is 185 cm³/mol. The van der Waals surface area contributed by atoms with E-state index < -0.39 is 8.32 Å². The summed E-state index contributed by atoms with van der Waals surface area (Å²) < 4.78 is 13.4. The third kappa shape index (κ3) is 8.27. The molecule has 0 radical (unpaired) electrons. The first kappa shape index (κ1) is 36.1. The topological polar surface area (TPSA) is 55.8 Å². The number of allylic oxidation sites excluding steroid dienone is 2. The van der Waals surface area contributed by atoms with E-state index in [-0.39, 0.29) is 41.8 Å². The molecule has 0 bridgehead atoms. The van der Waals surface area contributed by atoms with Crippen molar-refractivity contribution in [3.8, 4) is 0 Å². The average Bonchev–Trinajstić information content (AvgIpc) is 2.96. The Morgan fingerprint density at radius 2 is 1.66 bits per heavy atom. The molecule has 246 valence electrons. The van der Waals surface area contributed by atoms with Gasteiger partial charge in [-0.25, -0.2) is 4.79 Å². The highest BCUT2D eigenvalue weighted by atomic mass is 28.4. The molecule has 4 atom stereocenters. The Kier molecular flexibility index (Phi) is 13.0. The van der Waals surface area contributed by atoms with Crippen LogP contribution < -0.4 is 0 Å². The monoisotopic (exact) mass is 623 g/mol. The van der Waals surface area contributed by atoms with E-state index in [2.05, 4.69) is 99.2 Å². The van der Waals surface area contributed by atoms with Crippen molar-refractivity contribution in [1.29, 1.82) is 0 Å². The maximum atomic E-state index is 14.2. The number of Topliss-reactive ketones (excluding diaryl/α,β-unsaturated/α-hetero) is 1. The van der Waals surface area contributed by atoms with E-state index in [0.717, 1.165) is 51.4 Å². The lowest BCUT2D eigenvalue weighted by Crippen LogP contribution is -2.51. The van der Waals surface area contributed by atoms with Crippen molar-refractivity contribution in [3.63, 3.8) is 0 Å². The molecule has 1 aromatic rings. The molecule has 1 aliphatic heterocycles. The standard InChI is InChI=1S/C38H61NO4Si/c1-11-12-13-14-18-21-32-25-34(40)36(43-44(27(2)3,28(4)5)29(6)7)26-39(32)37(41)42-35-24-30(8)22-23-33(35)38(9,10)31-19-16-15-17-20-31/h11,15-17,19-20,26-30,32-33,35H,1,12-14,18,21-25H2,2-10H3/t30-,32-,33-,35-/m1/s1. The summed E-state index contributed by atoms with van der Waals surface area (Å²) in [4.78, 5) is 29.6. The van der Waals surface area contributed by atoms with Crippen molar-refractivity contribution in [1.82, 2.24) is 4.90 Å². The average molecular weight is 624 g/mol. The van der Waals surface area contributed by atoms with Crippen molar-refractivity contribution in [3.05, 3.63) is 60.5 Å². The lowest BCUT2D eigenvalue weighted by Gasteiger charge is -2.45. The summed E-state index contributed by atoms with van der Waals surface area (Å²) in [5, 5.41) is 0. The highest BCUT2D eigenvalue weighted by Gasteiger charge is 2.49. The fourth-order valence-electron chi connectivity index (χ4n) is 8.19. The maximum absolute atomic E-state index is 14.2. The number of carbonyl (C=O) groups excluding carboxylic acids is 2. The molecule has 0 spiro atoms. The molecule has 1 heterocycles. The fraction of sp³-hybridized carbons (Fsp3) is 0.684. The van der Waals surface area contributed by atoms with E-state index in [4.69, 9.17) is 9.16 Å². The van der Waals surface area contributed by atoms with Crippen LogP contribution in [0.25, 0.3) is 0 Å². The van der Waals surface area contributed by atoms with Gasteiger partial charge in [-0.1, -0.05) is 118 Å². The minimum Gasteiger partial charge on any atom is -0.539 e. The van der Waals surface area contributed by atoms with Crippen LogP contribution in [-0.4, -0.2) is 37.2 Å². The van der Waals surface area contributed by atoms with Gasteiger partial charge < -0.3 is 9.16 Å². The molecule has 1 fully saturated rings. The SMILES string of the molecule is C=CCCCCC[C@@H]1CC(=O)C(O[Si](C(C)C)(C(C)C)C(C)C)=CN1C(=O)O[C@@H]1C[C@H](C)CC[C@H]1C(C)(C)c1ccccc1. The van der Waals surface area contributed by atoms with Crippen LogP contribution >= 0.6 is 0 Å². The maximum Gasteiger partial charge on any atom is 0.414 e. The lowest BCUT2D eigenvalue weighted by molar-refractivity contribution is -0.120. The fourth-order valence-corrected chi connectivity index (χ4v) is 13.4. The number of rotatable bonds is 14. The summed E-state index contributed by atoms with van der Waals surface area (Å²) in [6, 6.07) is 10.4. The molecule has 6 heteroatoms. The number of ether oxygens (including phenoxy) is 1. The number of amides is 1. The van der Waals surface area contributed by atoms with Crippen LogP contribution in [-0.2, 0) is 19.4 Å². The van der Waals surface area contributed by atoms with Gasteiger partial charge in [-0.05, 0) is 65.6 Å². The van der Waals surface area contributed by atoms with Gasteiger partial charge in [-0.3, -0.25) is 9.69 Å². The van der Waals surface area contributed by atoms with Gasteiger partial charge in [0.1, 0.15) is 6.10 Å². The Bertz CT molecular complexity index is 1100. The Morgan fingerprint density at radius 3 is 2.25 bits per heavy atom. The minimum absolute atomic E-state index is 0.0124. The van der Waals surface area contributed by atoms with E-state index in [1.165, 1.54) is 5.56 Å². The highest BCUT2D eigenvalue weighted by Crippen LogP contribution is 2.46. The predicted octanol–water partition coefficient (Wildman–Crippen LogP) is 10.7. The molecular weight excluding hydrogens is 563 g/mol. The van der Waals surface area contributed by atoms with Crippen molar-refractivity contribution in [2.75, 3.05) is 0 Å². The van der Waals surface area contributed by atoms with Crippen LogP contribution in [0.15, 0.2) is 54.9 Å². The van der Waals surface area contributed by atoms with E-state index in [1.807, 2.05) is 6.08 Å². The third-order valence-corrected chi connectivity index (χ3v) is 16.7. The quantitative estimate of drug-likeness (QED) is 0.118. The zero-order valence-electron chi connectivity index (χ0n) is 29.2. The first-order valence-corrected chi connectivity index (χ1v) is 19.5. The van der Waals surface area contributed by atoms with Gasteiger partial charge in [0.25, 0.3) is 8.32 Å². The van der Waals surface area contributed by atoms with Gasteiger partial charge in [-0.15, -0.1) is 6.58 Å². The summed E-state index contributed by atoms with van der Waals surface area (Å²) in [5.41, 5.74) is 2.10. The molecule has 1 saturated carbocycles. The molecule has 0 aromatic heterocycles. The lowest BCUT2D eigenvalue weighted by atomic mass is 9.64. The van der Waals surface area contributed by atoms with Crippen molar-refractivity contribution in [2.24, 2.45) is 11.8 Å². The van der Waals surface area contributed by atoms with E-state index in [0.29, 0.717) is 28.3 Å².